The summed E-state index contributed by atoms with van der Waals surface area (Å²) in [5.41, 5.74) is 4.74. The van der Waals surface area contributed by atoms with E-state index in [0.29, 0.717) is 16.9 Å². The summed E-state index contributed by atoms with van der Waals surface area (Å²) in [5, 5.41) is 14.2. The first kappa shape index (κ1) is 21.0. The van der Waals surface area contributed by atoms with E-state index >= 15 is 0 Å². The maximum atomic E-state index is 13.5. The Hall–Kier alpha value is -4.26. The largest absolute Gasteiger partial charge is 0.350 e. The number of anilines is 2. The number of carbonyl (C=O) groups excluding carboxylic acids is 2. The van der Waals surface area contributed by atoms with Crippen LogP contribution in [-0.2, 0) is 9.59 Å². The van der Waals surface area contributed by atoms with Gasteiger partial charge in [-0.05, 0) is 73.4 Å². The average Bonchev–Trinajstić information content (AvgIpc) is 3.01. The van der Waals surface area contributed by atoms with Crippen LogP contribution in [0, 0.1) is 30.9 Å². The van der Waals surface area contributed by atoms with Gasteiger partial charge < -0.3 is 5.32 Å². The second-order valence-electron chi connectivity index (χ2n) is 7.71. The number of nitrogens with one attached hydrogen (secondary N) is 1. The second-order valence-corrected chi connectivity index (χ2v) is 7.71. The molecule has 1 aliphatic rings. The summed E-state index contributed by atoms with van der Waals surface area (Å²) < 4.78 is 0. The first-order valence-corrected chi connectivity index (χ1v) is 10.1. The van der Waals surface area contributed by atoms with Crippen molar-refractivity contribution in [2.75, 3.05) is 10.2 Å². The molecule has 0 spiro atoms. The predicted molar refractivity (Wildman–Crippen MR) is 123 cm³/mol. The Morgan fingerprint density at radius 1 is 0.875 bits per heavy atom. The van der Waals surface area contributed by atoms with Crippen molar-refractivity contribution in [3.8, 4) is 0 Å². The van der Waals surface area contributed by atoms with Gasteiger partial charge in [0.1, 0.15) is 5.70 Å². The zero-order chi connectivity index (χ0) is 23.0. The Kier molecular flexibility index (Phi) is 5.32. The fourth-order valence-corrected chi connectivity index (χ4v) is 3.69. The average molecular weight is 427 g/mol. The lowest BCUT2D eigenvalue weighted by Crippen LogP contribution is -2.32. The Morgan fingerprint density at radius 2 is 1.56 bits per heavy atom. The van der Waals surface area contributed by atoms with Gasteiger partial charge in [-0.25, -0.2) is 4.90 Å². The molecule has 1 N–H and O–H groups in total. The molecule has 3 aromatic rings. The maximum Gasteiger partial charge on any atom is 0.282 e. The molecule has 0 atom stereocenters. The van der Waals surface area contributed by atoms with E-state index in [9.17, 15) is 19.7 Å². The maximum absolute atomic E-state index is 13.5. The monoisotopic (exact) mass is 427 g/mol. The van der Waals surface area contributed by atoms with Crippen molar-refractivity contribution in [3.63, 3.8) is 0 Å². The number of benzene rings is 3. The second kappa shape index (κ2) is 8.11. The highest BCUT2D eigenvalue weighted by Gasteiger charge is 2.40. The summed E-state index contributed by atoms with van der Waals surface area (Å²) in [5.74, 6) is -0.961. The number of non-ortho nitro benzene ring substituents is 1. The Labute approximate surface area is 185 Å². The number of carbonyl (C=O) groups is 2. The molecule has 7 nitrogen and oxygen atoms in total. The van der Waals surface area contributed by atoms with Gasteiger partial charge in [-0.2, -0.15) is 0 Å². The number of hydrogen-bond donors (Lipinski definition) is 1. The molecular formula is C25H21N3O4. The van der Waals surface area contributed by atoms with Crippen LogP contribution in [0.25, 0.3) is 5.57 Å². The van der Waals surface area contributed by atoms with Crippen LogP contribution in [0.4, 0.5) is 17.1 Å². The number of nitro benzene ring substituents is 1. The molecule has 7 heteroatoms. The summed E-state index contributed by atoms with van der Waals surface area (Å²) in [6, 6.07) is 18.4. The molecule has 3 aromatic carbocycles. The predicted octanol–water partition coefficient (Wildman–Crippen LogP) is 4.92. The van der Waals surface area contributed by atoms with Crippen LogP contribution in [-0.4, -0.2) is 16.7 Å². The molecule has 0 aromatic heterocycles. The minimum atomic E-state index is -0.506. The summed E-state index contributed by atoms with van der Waals surface area (Å²) >= 11 is 0. The van der Waals surface area contributed by atoms with Crippen LogP contribution >= 0.6 is 0 Å². The number of amides is 2. The van der Waals surface area contributed by atoms with Crippen molar-refractivity contribution in [3.05, 3.63) is 105 Å². The summed E-state index contributed by atoms with van der Waals surface area (Å²) in [7, 11) is 0. The molecule has 1 aliphatic heterocycles. The van der Waals surface area contributed by atoms with Crippen molar-refractivity contribution >= 4 is 34.4 Å². The lowest BCUT2D eigenvalue weighted by Gasteiger charge is -2.16. The zero-order valence-electron chi connectivity index (χ0n) is 17.9. The van der Waals surface area contributed by atoms with Gasteiger partial charge in [0.05, 0.1) is 16.2 Å². The lowest BCUT2D eigenvalue weighted by molar-refractivity contribution is -0.384. The van der Waals surface area contributed by atoms with E-state index in [4.69, 9.17) is 0 Å². The molecule has 0 unspecified atom stereocenters. The topological polar surface area (TPSA) is 92.6 Å². The third-order valence-electron chi connectivity index (χ3n) is 5.57. The third kappa shape index (κ3) is 3.65. The highest BCUT2D eigenvalue weighted by atomic mass is 16.6. The van der Waals surface area contributed by atoms with E-state index in [-0.39, 0.29) is 17.0 Å². The van der Waals surface area contributed by atoms with Crippen molar-refractivity contribution in [1.29, 1.82) is 0 Å². The SMILES string of the molecule is Cc1cccc(N2C(=O)C(Nc3cccc(C)c3C)=C(c3ccc([N+](=O)[O-])cc3)C2=O)c1. The van der Waals surface area contributed by atoms with Gasteiger partial charge in [-0.3, -0.25) is 19.7 Å². The Morgan fingerprint density at radius 3 is 2.22 bits per heavy atom. The number of rotatable bonds is 5. The molecule has 0 aliphatic carbocycles. The first-order chi connectivity index (χ1) is 15.3. The fourth-order valence-electron chi connectivity index (χ4n) is 3.69. The van der Waals surface area contributed by atoms with Gasteiger partial charge in [0.2, 0.25) is 0 Å². The normalized spacial score (nSPS) is 13.7. The van der Waals surface area contributed by atoms with Gasteiger partial charge in [-0.15, -0.1) is 0 Å². The van der Waals surface area contributed by atoms with Crippen LogP contribution in [0.15, 0.2) is 72.4 Å². The van der Waals surface area contributed by atoms with E-state index in [0.717, 1.165) is 21.6 Å². The summed E-state index contributed by atoms with van der Waals surface area (Å²) in [6.07, 6.45) is 0. The molecular weight excluding hydrogens is 406 g/mol. The van der Waals surface area contributed by atoms with Crippen LogP contribution in [0.5, 0.6) is 0 Å². The third-order valence-corrected chi connectivity index (χ3v) is 5.57. The van der Waals surface area contributed by atoms with Crippen LogP contribution in [0.1, 0.15) is 22.3 Å². The highest BCUT2D eigenvalue weighted by Crippen LogP contribution is 2.35. The van der Waals surface area contributed by atoms with E-state index in [1.807, 2.05) is 45.0 Å². The number of nitro groups is 1. The molecule has 32 heavy (non-hydrogen) atoms. The summed E-state index contributed by atoms with van der Waals surface area (Å²) in [4.78, 5) is 38.6. The van der Waals surface area contributed by atoms with Crippen LogP contribution in [0.2, 0.25) is 0 Å². The quantitative estimate of drug-likeness (QED) is 0.355. The molecule has 0 radical (unpaired) electrons. The number of aryl methyl sites for hydroxylation is 2. The number of imide groups is 1. The summed E-state index contributed by atoms with van der Waals surface area (Å²) in [6.45, 7) is 5.78. The Bertz CT molecular complexity index is 1290. The van der Waals surface area contributed by atoms with Gasteiger partial charge in [0, 0.05) is 17.8 Å². The van der Waals surface area contributed by atoms with Gasteiger partial charge in [-0.1, -0.05) is 24.3 Å². The standard InChI is InChI=1S/C25H21N3O4/c1-15-6-4-8-20(14-15)27-24(29)22(18-10-12-19(13-11-18)28(31)32)23(25(27)30)26-21-9-5-7-16(2)17(21)3/h4-14,26H,1-3H3. The molecule has 1 heterocycles. The van der Waals surface area contributed by atoms with Gasteiger partial charge in [0.25, 0.3) is 17.5 Å². The molecule has 0 bridgehead atoms. The van der Waals surface area contributed by atoms with Gasteiger partial charge in [0.15, 0.2) is 0 Å². The van der Waals surface area contributed by atoms with Crippen molar-refractivity contribution < 1.29 is 14.5 Å². The van der Waals surface area contributed by atoms with Crippen LogP contribution in [0.3, 0.4) is 0 Å². The first-order valence-electron chi connectivity index (χ1n) is 10.1. The highest BCUT2D eigenvalue weighted by molar-refractivity contribution is 6.46. The van der Waals surface area contributed by atoms with Gasteiger partial charge >= 0.3 is 0 Å². The van der Waals surface area contributed by atoms with E-state index < -0.39 is 16.7 Å². The minimum absolute atomic E-state index is 0.0919. The number of hydrogen-bond acceptors (Lipinski definition) is 5. The van der Waals surface area contributed by atoms with E-state index in [2.05, 4.69) is 5.32 Å². The molecule has 4 rings (SSSR count). The lowest BCUT2D eigenvalue weighted by atomic mass is 10.0. The fraction of sp³-hybridized carbons (Fsp3) is 0.120. The Balaban J connectivity index is 1.85. The van der Waals surface area contributed by atoms with E-state index in [1.54, 1.807) is 18.2 Å². The number of nitrogens with zero attached hydrogens (tertiary/aromatic N) is 2. The molecule has 0 saturated heterocycles. The molecule has 2 amide bonds. The molecule has 160 valence electrons. The van der Waals surface area contributed by atoms with Crippen molar-refractivity contribution in [1.82, 2.24) is 0 Å². The minimum Gasteiger partial charge on any atom is -0.350 e. The zero-order valence-corrected chi connectivity index (χ0v) is 17.9. The van der Waals surface area contributed by atoms with Crippen molar-refractivity contribution in [2.24, 2.45) is 0 Å². The molecule has 0 saturated carbocycles. The van der Waals surface area contributed by atoms with E-state index in [1.165, 1.54) is 24.3 Å². The van der Waals surface area contributed by atoms with Crippen molar-refractivity contribution in [2.45, 2.75) is 20.8 Å². The smallest absolute Gasteiger partial charge is 0.282 e. The molecule has 0 fully saturated rings. The van der Waals surface area contributed by atoms with Crippen LogP contribution < -0.4 is 10.2 Å².